The number of nitrogens with zero attached hydrogens (tertiary/aromatic N) is 1. The minimum absolute atomic E-state index is 0.0252. The number of ether oxygens (including phenoxy) is 1. The Morgan fingerprint density at radius 2 is 1.70 bits per heavy atom. The molecule has 0 bridgehead atoms. The highest BCUT2D eigenvalue weighted by molar-refractivity contribution is 8.00. The van der Waals surface area contributed by atoms with Gasteiger partial charge in [0.25, 0.3) is 0 Å². The van der Waals surface area contributed by atoms with E-state index in [0.717, 1.165) is 5.02 Å². The van der Waals surface area contributed by atoms with Crippen molar-refractivity contribution >= 4 is 40.2 Å². The summed E-state index contributed by atoms with van der Waals surface area (Å²) >= 11 is 8.02. The Morgan fingerprint density at radius 1 is 1.06 bits per heavy atom. The zero-order valence-electron chi connectivity index (χ0n) is 21.1. The molecule has 0 amide bonds. The number of halogens is 1. The molecule has 2 aromatic carbocycles. The van der Waals surface area contributed by atoms with Crippen LogP contribution in [0, 0.1) is 5.41 Å². The van der Waals surface area contributed by atoms with E-state index in [4.69, 9.17) is 16.3 Å². The van der Waals surface area contributed by atoms with Crippen LogP contribution in [-0.4, -0.2) is 22.4 Å². The molecule has 1 heterocycles. The molecule has 0 radical (unpaired) electrons. The van der Waals surface area contributed by atoms with Crippen molar-refractivity contribution < 1.29 is 9.53 Å². The lowest BCUT2D eigenvalue weighted by molar-refractivity contribution is -0.150. The maximum atomic E-state index is 12.6. The molecule has 0 atom stereocenters. The van der Waals surface area contributed by atoms with E-state index in [0.29, 0.717) is 18.9 Å². The Hall–Kier alpha value is -1.91. The zero-order chi connectivity index (χ0) is 24.6. The first-order valence-corrected chi connectivity index (χ1v) is 12.7. The van der Waals surface area contributed by atoms with E-state index in [2.05, 4.69) is 69.5 Å². The van der Waals surface area contributed by atoms with Crippen molar-refractivity contribution in [1.29, 1.82) is 0 Å². The normalized spacial score (nSPS) is 12.5. The van der Waals surface area contributed by atoms with Crippen LogP contribution in [0.1, 0.15) is 71.2 Å². The van der Waals surface area contributed by atoms with Crippen LogP contribution < -0.4 is 0 Å². The second-order valence-corrected chi connectivity index (χ2v) is 13.0. The second kappa shape index (κ2) is 9.76. The molecular weight excluding hydrogens is 450 g/mol. The van der Waals surface area contributed by atoms with Gasteiger partial charge in [0.1, 0.15) is 0 Å². The first-order valence-electron chi connectivity index (χ1n) is 11.5. The molecule has 0 spiro atoms. The summed E-state index contributed by atoms with van der Waals surface area (Å²) in [5, 5.41) is 1.99. The Labute approximate surface area is 207 Å². The third-order valence-corrected chi connectivity index (χ3v) is 7.34. The van der Waals surface area contributed by atoms with Gasteiger partial charge < -0.3 is 9.30 Å². The van der Waals surface area contributed by atoms with Crippen molar-refractivity contribution in [3.8, 4) is 0 Å². The number of aromatic nitrogens is 1. The van der Waals surface area contributed by atoms with Gasteiger partial charge in [-0.25, -0.2) is 0 Å². The summed E-state index contributed by atoms with van der Waals surface area (Å²) in [5.41, 5.74) is 4.22. The van der Waals surface area contributed by atoms with Crippen LogP contribution in [0.4, 0.5) is 0 Å². The molecule has 178 valence electrons. The van der Waals surface area contributed by atoms with E-state index in [1.165, 1.54) is 39.7 Å². The largest absolute Gasteiger partial charge is 0.469 e. The molecule has 0 fully saturated rings. The summed E-state index contributed by atoms with van der Waals surface area (Å²) < 4.78 is 7.56. The highest BCUT2D eigenvalue weighted by Crippen LogP contribution is 2.44. The van der Waals surface area contributed by atoms with Crippen LogP contribution in [0.25, 0.3) is 10.9 Å². The fourth-order valence-electron chi connectivity index (χ4n) is 4.07. The minimum Gasteiger partial charge on any atom is -0.469 e. The molecular formula is C28H36ClNO2S. The van der Waals surface area contributed by atoms with Crippen LogP contribution in [-0.2, 0) is 22.5 Å². The molecule has 0 aliphatic rings. The first kappa shape index (κ1) is 25.7. The van der Waals surface area contributed by atoms with E-state index >= 15 is 0 Å². The van der Waals surface area contributed by atoms with Gasteiger partial charge in [0.15, 0.2) is 0 Å². The average Bonchev–Trinajstić information content (AvgIpc) is 2.99. The third-order valence-electron chi connectivity index (χ3n) is 5.82. The molecule has 0 saturated heterocycles. The number of hydrogen-bond acceptors (Lipinski definition) is 3. The molecule has 0 aliphatic carbocycles. The lowest BCUT2D eigenvalue weighted by Crippen LogP contribution is -2.29. The number of rotatable bonds is 7. The van der Waals surface area contributed by atoms with Crippen molar-refractivity contribution in [2.45, 2.75) is 77.0 Å². The number of methoxy groups -OCH3 is 1. The van der Waals surface area contributed by atoms with Crippen LogP contribution in [0.5, 0.6) is 0 Å². The van der Waals surface area contributed by atoms with Crippen molar-refractivity contribution in [1.82, 2.24) is 4.57 Å². The van der Waals surface area contributed by atoms with Crippen molar-refractivity contribution in [2.24, 2.45) is 5.41 Å². The van der Waals surface area contributed by atoms with Gasteiger partial charge in [-0.3, -0.25) is 4.79 Å². The van der Waals surface area contributed by atoms with E-state index < -0.39 is 5.41 Å². The van der Waals surface area contributed by atoms with Gasteiger partial charge in [0.05, 0.1) is 12.5 Å². The third kappa shape index (κ3) is 5.96. The minimum atomic E-state index is -0.644. The Balaban J connectivity index is 2.29. The van der Waals surface area contributed by atoms with Crippen LogP contribution in [0.3, 0.4) is 0 Å². The predicted molar refractivity (Wildman–Crippen MR) is 142 cm³/mol. The van der Waals surface area contributed by atoms with Gasteiger partial charge in [-0.1, -0.05) is 64.4 Å². The maximum Gasteiger partial charge on any atom is 0.311 e. The molecule has 0 aliphatic heterocycles. The highest BCUT2D eigenvalue weighted by Gasteiger charge is 2.33. The summed E-state index contributed by atoms with van der Waals surface area (Å²) in [4.78, 5) is 13.9. The van der Waals surface area contributed by atoms with Gasteiger partial charge in [-0.2, -0.15) is 0 Å². The van der Waals surface area contributed by atoms with E-state index in [-0.39, 0.29) is 10.7 Å². The number of hydrogen-bond donors (Lipinski definition) is 0. The summed E-state index contributed by atoms with van der Waals surface area (Å²) in [6.45, 7) is 15.8. The van der Waals surface area contributed by atoms with Crippen LogP contribution in [0.2, 0.25) is 5.02 Å². The molecule has 0 saturated carbocycles. The van der Waals surface area contributed by atoms with E-state index in [1.807, 2.05) is 37.7 Å². The average molecular weight is 486 g/mol. The maximum absolute atomic E-state index is 12.6. The number of esters is 1. The summed E-state index contributed by atoms with van der Waals surface area (Å²) in [7, 11) is 1.47. The molecule has 1 aromatic heterocycles. The van der Waals surface area contributed by atoms with Crippen molar-refractivity contribution in [3.63, 3.8) is 0 Å². The monoisotopic (exact) mass is 485 g/mol. The lowest BCUT2D eigenvalue weighted by atomic mass is 9.87. The van der Waals surface area contributed by atoms with Crippen molar-refractivity contribution in [2.75, 3.05) is 7.11 Å². The number of carbonyl (C=O) groups excluding carboxylic acids is 1. The lowest BCUT2D eigenvalue weighted by Gasteiger charge is -2.25. The zero-order valence-corrected chi connectivity index (χ0v) is 22.7. The molecule has 3 nitrogen and oxygen atoms in total. The predicted octanol–water partition coefficient (Wildman–Crippen LogP) is 8.10. The second-order valence-electron chi connectivity index (χ2n) is 10.7. The fourth-order valence-corrected chi connectivity index (χ4v) is 5.38. The standard InChI is InChI=1S/C28H36ClNO2S/c1-18(2)20-11-14-23-22(15-20)25(33-27(3,4)5)24(16-28(6,7)26(31)32-8)30(23)17-19-9-12-21(29)13-10-19/h9-15,18H,16-17H2,1-8H3. The fraction of sp³-hybridized carbons (Fsp3) is 0.464. The molecule has 3 aromatic rings. The number of benzene rings is 2. The van der Waals surface area contributed by atoms with Gasteiger partial charge in [0.2, 0.25) is 0 Å². The molecule has 5 heteroatoms. The summed E-state index contributed by atoms with van der Waals surface area (Å²) in [5.74, 6) is 0.247. The van der Waals surface area contributed by atoms with Gasteiger partial charge >= 0.3 is 5.97 Å². The number of fused-ring (bicyclic) bond motifs is 1. The Morgan fingerprint density at radius 3 is 2.24 bits per heavy atom. The Bertz CT molecular complexity index is 1140. The smallest absolute Gasteiger partial charge is 0.311 e. The molecule has 33 heavy (non-hydrogen) atoms. The van der Waals surface area contributed by atoms with Gasteiger partial charge in [-0.05, 0) is 55.2 Å². The van der Waals surface area contributed by atoms with Gasteiger partial charge in [0, 0.05) is 44.2 Å². The van der Waals surface area contributed by atoms with E-state index in [9.17, 15) is 4.79 Å². The molecule has 0 N–H and O–H groups in total. The highest BCUT2D eigenvalue weighted by atomic mass is 35.5. The molecule has 3 rings (SSSR count). The molecule has 0 unspecified atom stereocenters. The van der Waals surface area contributed by atoms with E-state index in [1.54, 1.807) is 0 Å². The van der Waals surface area contributed by atoms with Crippen molar-refractivity contribution in [3.05, 3.63) is 64.3 Å². The van der Waals surface area contributed by atoms with Crippen LogP contribution in [0.15, 0.2) is 47.4 Å². The number of thioether (sulfide) groups is 1. The van der Waals surface area contributed by atoms with Crippen LogP contribution >= 0.6 is 23.4 Å². The van der Waals surface area contributed by atoms with Gasteiger partial charge in [-0.15, -0.1) is 11.8 Å². The summed E-state index contributed by atoms with van der Waals surface area (Å²) in [6.07, 6.45) is 0.595. The SMILES string of the molecule is COC(=O)C(C)(C)Cc1c(SC(C)(C)C)c2cc(C(C)C)ccc2n1Cc1ccc(Cl)cc1. The quantitative estimate of drug-likeness (QED) is 0.250. The summed E-state index contributed by atoms with van der Waals surface area (Å²) in [6, 6.07) is 14.8. The topological polar surface area (TPSA) is 31.2 Å². The Kier molecular flexibility index (Phi) is 7.60. The first-order chi connectivity index (χ1) is 15.3. The number of carbonyl (C=O) groups is 1.